The molecule has 5 rings (SSSR count). The van der Waals surface area contributed by atoms with Gasteiger partial charge in [-0.2, -0.15) is 0 Å². The number of rotatable bonds is 2. The van der Waals surface area contributed by atoms with Gasteiger partial charge in [0.25, 0.3) is 0 Å². The van der Waals surface area contributed by atoms with Crippen LogP contribution in [-0.2, 0) is 0 Å². The molecule has 0 bridgehead atoms. The fraction of sp³-hybridized carbons (Fsp3) is 0.351. The second kappa shape index (κ2) is 11.2. The van der Waals surface area contributed by atoms with Gasteiger partial charge in [0.05, 0.1) is 0 Å². The van der Waals surface area contributed by atoms with Crippen molar-refractivity contribution < 1.29 is 0 Å². The second-order valence-corrected chi connectivity index (χ2v) is 20.3. The van der Waals surface area contributed by atoms with Crippen LogP contribution in [0.15, 0.2) is 72.8 Å². The van der Waals surface area contributed by atoms with Gasteiger partial charge in [0.2, 0.25) is 0 Å². The minimum absolute atomic E-state index is 0.487. The Balaban J connectivity index is 2.00. The molecule has 1 heterocycles. The third-order valence-corrected chi connectivity index (χ3v) is 17.5. The molecule has 0 fully saturated rings. The van der Waals surface area contributed by atoms with Gasteiger partial charge in [-0.3, -0.25) is 0 Å². The normalized spacial score (nSPS) is 17.2. The molecule has 0 radical (unpaired) electrons. The fourth-order valence-electron chi connectivity index (χ4n) is 6.65. The summed E-state index contributed by atoms with van der Waals surface area (Å²) in [4.78, 5) is 5.04. The maximum absolute atomic E-state index is 2.61. The van der Waals surface area contributed by atoms with Crippen LogP contribution in [0.25, 0.3) is 0 Å². The molecule has 41 heavy (non-hydrogen) atoms. The van der Waals surface area contributed by atoms with Gasteiger partial charge < -0.3 is 0 Å². The Morgan fingerprint density at radius 2 is 0.878 bits per heavy atom. The fourth-order valence-corrected chi connectivity index (χ4v) is 13.8. The van der Waals surface area contributed by atoms with Crippen LogP contribution in [0.3, 0.4) is 0 Å². The van der Waals surface area contributed by atoms with Crippen molar-refractivity contribution in [2.75, 3.05) is 30.6 Å². The Kier molecular flexibility index (Phi) is 8.15. The van der Waals surface area contributed by atoms with E-state index in [1.165, 1.54) is 66.2 Å². The maximum atomic E-state index is 2.61. The molecule has 0 atom stereocenters. The van der Waals surface area contributed by atoms with Gasteiger partial charge in [-0.05, 0) is 0 Å². The third-order valence-electron chi connectivity index (χ3n) is 9.32. The number of aryl methyl sites for hydroxylation is 4. The Bertz CT molecular complexity index is 1490. The van der Waals surface area contributed by atoms with Crippen molar-refractivity contribution in [3.05, 3.63) is 95.1 Å². The van der Waals surface area contributed by atoms with Crippen molar-refractivity contribution in [2.24, 2.45) is 0 Å². The molecule has 4 heteroatoms. The monoisotopic (exact) mass is 582 g/mol. The predicted molar refractivity (Wildman–Crippen MR) is 191 cm³/mol. The van der Waals surface area contributed by atoms with Crippen molar-refractivity contribution in [2.45, 2.75) is 66.7 Å². The molecular formula is C37H48N2P2. The predicted octanol–water partition coefficient (Wildman–Crippen LogP) is 8.35. The van der Waals surface area contributed by atoms with E-state index in [0.29, 0.717) is 11.3 Å². The van der Waals surface area contributed by atoms with Crippen molar-refractivity contribution in [1.29, 1.82) is 0 Å². The molecule has 0 N–H and O–H groups in total. The van der Waals surface area contributed by atoms with E-state index in [9.17, 15) is 0 Å². The van der Waals surface area contributed by atoms with Gasteiger partial charge in [-0.1, -0.05) is 0 Å². The Morgan fingerprint density at radius 1 is 0.537 bits per heavy atom. The first-order valence-electron chi connectivity index (χ1n) is 15.0. The summed E-state index contributed by atoms with van der Waals surface area (Å²) in [6.45, 7) is 21.3. The van der Waals surface area contributed by atoms with E-state index in [-0.39, 0.29) is 0 Å². The average Bonchev–Trinajstić information content (AvgIpc) is 2.91. The first-order chi connectivity index (χ1) is 19.3. The first-order valence-corrected chi connectivity index (χ1v) is 19.0. The molecule has 1 aliphatic heterocycles. The quantitative estimate of drug-likeness (QED) is 0.219. The van der Waals surface area contributed by atoms with Crippen LogP contribution in [-0.4, -0.2) is 32.1 Å². The zero-order valence-corrected chi connectivity index (χ0v) is 28.8. The van der Waals surface area contributed by atoms with Gasteiger partial charge in [-0.25, -0.2) is 0 Å². The molecule has 0 spiro atoms. The van der Waals surface area contributed by atoms with Crippen LogP contribution in [0.4, 0.5) is 22.7 Å². The molecule has 0 aromatic heterocycles. The summed E-state index contributed by atoms with van der Waals surface area (Å²) in [5, 5.41) is 6.00. The standard InChI is InChI=1S/C37H48N2P2/c1-24(2)40-34-20-26(5)12-16-30(34)38(9)32-18-14-28(7)22-36(32)41(11,25(3)4)37-23-29(8)15-19-33(37)39(10)31-17-13-27(6)21-35(31)40/h12-25,41H,1-11H3. The molecule has 1 aliphatic rings. The summed E-state index contributed by atoms with van der Waals surface area (Å²) >= 11 is 0. The molecule has 216 valence electrons. The van der Waals surface area contributed by atoms with E-state index in [1.54, 1.807) is 0 Å². The van der Waals surface area contributed by atoms with Crippen LogP contribution >= 0.6 is 15.2 Å². The Labute approximate surface area is 250 Å². The van der Waals surface area contributed by atoms with E-state index in [4.69, 9.17) is 0 Å². The topological polar surface area (TPSA) is 6.48 Å². The Hall–Kier alpha value is -2.66. The first kappa shape index (κ1) is 29.8. The van der Waals surface area contributed by atoms with Crippen LogP contribution in [0.2, 0.25) is 0 Å². The number of benzene rings is 4. The SMILES string of the molecule is Cc1ccc2c(c1)P(C(C)C)c1cc(C)ccc1N(C)c1ccc(C)cc1[PH](C)(C(C)C)c1cc(C)ccc1N2C. The van der Waals surface area contributed by atoms with Crippen molar-refractivity contribution in [1.82, 2.24) is 0 Å². The molecule has 0 unspecified atom stereocenters. The van der Waals surface area contributed by atoms with E-state index < -0.39 is 15.2 Å². The summed E-state index contributed by atoms with van der Waals surface area (Å²) in [6.07, 6.45) is 0. The average molecular weight is 583 g/mol. The van der Waals surface area contributed by atoms with Crippen molar-refractivity contribution >= 4 is 59.2 Å². The van der Waals surface area contributed by atoms with Crippen LogP contribution in [0.5, 0.6) is 0 Å². The molecular weight excluding hydrogens is 534 g/mol. The molecule has 0 amide bonds. The van der Waals surface area contributed by atoms with E-state index in [2.05, 4.69) is 159 Å². The summed E-state index contributed by atoms with van der Waals surface area (Å²) in [5.74, 6) is 0. The summed E-state index contributed by atoms with van der Waals surface area (Å²) in [6, 6.07) is 28.7. The molecule has 0 saturated heterocycles. The Morgan fingerprint density at radius 3 is 1.22 bits per heavy atom. The molecule has 4 aromatic rings. The zero-order chi connectivity index (χ0) is 29.8. The molecule has 4 aromatic carbocycles. The number of hydrogen-bond acceptors (Lipinski definition) is 2. The van der Waals surface area contributed by atoms with Crippen molar-refractivity contribution in [3.63, 3.8) is 0 Å². The molecule has 2 nitrogen and oxygen atoms in total. The van der Waals surface area contributed by atoms with Crippen LogP contribution < -0.4 is 31.0 Å². The van der Waals surface area contributed by atoms with Crippen LogP contribution in [0, 0.1) is 27.7 Å². The van der Waals surface area contributed by atoms with E-state index in [0.717, 1.165) is 0 Å². The third kappa shape index (κ3) is 5.13. The van der Waals surface area contributed by atoms with Crippen LogP contribution in [0.1, 0.15) is 49.9 Å². The zero-order valence-electron chi connectivity index (χ0n) is 26.9. The number of fused-ring (bicyclic) bond motifs is 4. The number of hydrogen-bond donors (Lipinski definition) is 0. The van der Waals surface area contributed by atoms with Gasteiger partial charge in [0.15, 0.2) is 0 Å². The second-order valence-electron chi connectivity index (χ2n) is 13.0. The molecule has 0 aliphatic carbocycles. The number of nitrogens with zero attached hydrogens (tertiary/aromatic N) is 2. The summed E-state index contributed by atoms with van der Waals surface area (Å²) < 4.78 is 0. The van der Waals surface area contributed by atoms with Gasteiger partial charge in [0.1, 0.15) is 0 Å². The van der Waals surface area contributed by atoms with Gasteiger partial charge in [-0.15, -0.1) is 0 Å². The van der Waals surface area contributed by atoms with E-state index >= 15 is 0 Å². The molecule has 0 saturated carbocycles. The summed E-state index contributed by atoms with van der Waals surface area (Å²) in [5.41, 5.74) is 11.7. The van der Waals surface area contributed by atoms with E-state index in [1.807, 2.05) is 0 Å². The van der Waals surface area contributed by atoms with Crippen molar-refractivity contribution in [3.8, 4) is 0 Å². The number of anilines is 4. The van der Waals surface area contributed by atoms with Gasteiger partial charge >= 0.3 is 251 Å². The van der Waals surface area contributed by atoms with Gasteiger partial charge in [0, 0.05) is 0 Å². The minimum atomic E-state index is -2.26. The summed E-state index contributed by atoms with van der Waals surface area (Å²) in [7, 11) is 1.71.